The Kier molecular flexibility index (Phi) is 6.51. The Morgan fingerprint density at radius 3 is 2.34 bits per heavy atom. The largest absolute Gasteiger partial charge is 0.353 e. The molecule has 1 N–H and O–H groups in total. The predicted molar refractivity (Wildman–Crippen MR) is 133 cm³/mol. The minimum absolute atomic E-state index is 0.136. The van der Waals surface area contributed by atoms with Crippen LogP contribution in [0.15, 0.2) is 42.5 Å². The minimum atomic E-state index is -0.944. The summed E-state index contributed by atoms with van der Waals surface area (Å²) in [5.74, 6) is -0.568. The van der Waals surface area contributed by atoms with Gasteiger partial charge in [0.25, 0.3) is 11.8 Å². The molecule has 7 nitrogen and oxygen atoms in total. The van der Waals surface area contributed by atoms with Crippen LogP contribution in [0.5, 0.6) is 0 Å². The molecule has 184 valence electrons. The second kappa shape index (κ2) is 9.45. The van der Waals surface area contributed by atoms with Gasteiger partial charge in [-0.3, -0.25) is 19.3 Å². The summed E-state index contributed by atoms with van der Waals surface area (Å²) in [6.45, 7) is 2.83. The van der Waals surface area contributed by atoms with Crippen molar-refractivity contribution >= 4 is 40.9 Å². The van der Waals surface area contributed by atoms with Crippen molar-refractivity contribution in [3.05, 3.63) is 69.2 Å². The van der Waals surface area contributed by atoms with Crippen LogP contribution in [0.4, 0.5) is 0 Å². The molecule has 0 aromatic heterocycles. The second-order valence-corrected chi connectivity index (χ2v) is 10.3. The molecule has 3 aliphatic rings. The number of halogens is 2. The van der Waals surface area contributed by atoms with Crippen molar-refractivity contribution in [1.29, 1.82) is 0 Å². The molecule has 0 radical (unpaired) electrons. The standard InChI is InChI=1S/C26H27Cl2N3O4/c1-16-3-2-4-17(13-16)25(34)31-22(23(32)29-19-6-7-19)15-35-26(31)9-11-30(12-10-26)24(33)18-5-8-20(27)21(28)14-18/h2-5,8,13-14,19,22H,6-7,9-12,15H2,1H3,(H,29,32)/t22-/m1/s1. The molecule has 2 aliphatic heterocycles. The number of hydrogen-bond donors (Lipinski definition) is 1. The van der Waals surface area contributed by atoms with Crippen LogP contribution in [0.1, 0.15) is 52.0 Å². The van der Waals surface area contributed by atoms with Crippen molar-refractivity contribution in [3.8, 4) is 0 Å². The van der Waals surface area contributed by atoms with E-state index >= 15 is 0 Å². The first-order chi connectivity index (χ1) is 16.8. The fourth-order valence-corrected chi connectivity index (χ4v) is 5.18. The molecule has 1 saturated carbocycles. The maximum absolute atomic E-state index is 13.8. The number of rotatable bonds is 4. The highest BCUT2D eigenvalue weighted by molar-refractivity contribution is 6.42. The third-order valence-electron chi connectivity index (χ3n) is 6.97. The Bertz CT molecular complexity index is 1170. The van der Waals surface area contributed by atoms with Crippen molar-refractivity contribution in [3.63, 3.8) is 0 Å². The zero-order chi connectivity index (χ0) is 24.7. The summed E-state index contributed by atoms with van der Waals surface area (Å²) in [6.07, 6.45) is 2.74. The van der Waals surface area contributed by atoms with Crippen LogP contribution in [0.25, 0.3) is 0 Å². The molecule has 2 saturated heterocycles. The lowest BCUT2D eigenvalue weighted by Crippen LogP contribution is -2.60. The normalized spacial score (nSPS) is 21.3. The van der Waals surface area contributed by atoms with Crippen LogP contribution in [0, 0.1) is 6.92 Å². The van der Waals surface area contributed by atoms with Crippen LogP contribution < -0.4 is 5.32 Å². The topological polar surface area (TPSA) is 79.0 Å². The summed E-state index contributed by atoms with van der Waals surface area (Å²) < 4.78 is 6.24. The molecule has 35 heavy (non-hydrogen) atoms. The summed E-state index contributed by atoms with van der Waals surface area (Å²) in [4.78, 5) is 43.3. The van der Waals surface area contributed by atoms with Crippen LogP contribution in [0.2, 0.25) is 10.0 Å². The summed E-state index contributed by atoms with van der Waals surface area (Å²) in [5.41, 5.74) is 0.998. The number of carbonyl (C=O) groups excluding carboxylic acids is 3. The molecule has 5 rings (SSSR count). The summed E-state index contributed by atoms with van der Waals surface area (Å²) in [5, 5.41) is 3.74. The number of likely N-dealkylation sites (tertiary alicyclic amines) is 1. The molecular formula is C26H27Cl2N3O4. The number of nitrogens with one attached hydrogen (secondary N) is 1. The Morgan fingerprint density at radius 1 is 0.971 bits per heavy atom. The third kappa shape index (κ3) is 4.77. The first kappa shape index (κ1) is 24.1. The lowest BCUT2D eigenvalue weighted by Gasteiger charge is -2.44. The van der Waals surface area contributed by atoms with Gasteiger partial charge in [-0.2, -0.15) is 0 Å². The number of amides is 3. The highest BCUT2D eigenvalue weighted by atomic mass is 35.5. The van der Waals surface area contributed by atoms with Gasteiger partial charge in [0.15, 0.2) is 0 Å². The van der Waals surface area contributed by atoms with Gasteiger partial charge in [-0.25, -0.2) is 0 Å². The van der Waals surface area contributed by atoms with Crippen molar-refractivity contribution in [1.82, 2.24) is 15.1 Å². The SMILES string of the molecule is Cc1cccc(C(=O)N2[C@@H](C(=O)NC3CC3)COC23CCN(C(=O)c2ccc(Cl)c(Cl)c2)CC3)c1. The molecule has 2 heterocycles. The Labute approximate surface area is 214 Å². The average Bonchev–Trinajstić information content (AvgIpc) is 3.59. The lowest BCUT2D eigenvalue weighted by molar-refractivity contribution is -0.128. The fraction of sp³-hybridized carbons (Fsp3) is 0.423. The van der Waals surface area contributed by atoms with Crippen molar-refractivity contribution < 1.29 is 19.1 Å². The van der Waals surface area contributed by atoms with E-state index in [0.717, 1.165) is 18.4 Å². The van der Waals surface area contributed by atoms with E-state index in [1.165, 1.54) is 0 Å². The van der Waals surface area contributed by atoms with Gasteiger partial charge in [0.1, 0.15) is 11.8 Å². The van der Waals surface area contributed by atoms with Gasteiger partial charge in [-0.15, -0.1) is 0 Å². The summed E-state index contributed by atoms with van der Waals surface area (Å²) in [7, 11) is 0. The molecule has 3 amide bonds. The number of piperidine rings is 1. The summed E-state index contributed by atoms with van der Waals surface area (Å²) >= 11 is 12.1. The monoisotopic (exact) mass is 515 g/mol. The minimum Gasteiger partial charge on any atom is -0.353 e. The number of carbonyl (C=O) groups is 3. The quantitative estimate of drug-likeness (QED) is 0.665. The van der Waals surface area contributed by atoms with E-state index in [2.05, 4.69) is 5.32 Å². The van der Waals surface area contributed by atoms with Crippen LogP contribution in [-0.2, 0) is 9.53 Å². The van der Waals surface area contributed by atoms with Crippen molar-refractivity contribution in [2.75, 3.05) is 19.7 Å². The molecule has 0 bridgehead atoms. The molecule has 2 aromatic carbocycles. The Hall–Kier alpha value is -2.61. The molecule has 1 spiro atoms. The zero-order valence-corrected chi connectivity index (χ0v) is 20.9. The first-order valence-corrected chi connectivity index (χ1v) is 12.6. The van der Waals surface area contributed by atoms with Gasteiger partial charge in [0.05, 0.1) is 16.7 Å². The molecule has 2 aromatic rings. The molecule has 1 aliphatic carbocycles. The lowest BCUT2D eigenvalue weighted by atomic mass is 9.95. The predicted octanol–water partition coefficient (Wildman–Crippen LogP) is 4.05. The van der Waals surface area contributed by atoms with E-state index in [9.17, 15) is 14.4 Å². The molecule has 1 atom stereocenters. The van der Waals surface area contributed by atoms with E-state index in [1.807, 2.05) is 25.1 Å². The molecule has 0 unspecified atom stereocenters. The molecular weight excluding hydrogens is 489 g/mol. The van der Waals surface area contributed by atoms with Crippen molar-refractivity contribution in [2.45, 2.75) is 50.4 Å². The molecule has 3 fully saturated rings. The first-order valence-electron chi connectivity index (χ1n) is 11.9. The maximum atomic E-state index is 13.8. The number of ether oxygens (including phenoxy) is 1. The Morgan fingerprint density at radius 2 is 1.69 bits per heavy atom. The van der Waals surface area contributed by atoms with Crippen LogP contribution in [0.3, 0.4) is 0 Å². The van der Waals surface area contributed by atoms with E-state index in [4.69, 9.17) is 27.9 Å². The van der Waals surface area contributed by atoms with Gasteiger partial charge < -0.3 is 15.0 Å². The zero-order valence-electron chi connectivity index (χ0n) is 19.4. The van der Waals surface area contributed by atoms with Gasteiger partial charge in [-0.05, 0) is 50.1 Å². The van der Waals surface area contributed by atoms with E-state index in [1.54, 1.807) is 34.1 Å². The Balaban J connectivity index is 1.38. The number of benzene rings is 2. The number of hydrogen-bond acceptors (Lipinski definition) is 4. The van der Waals surface area contributed by atoms with E-state index < -0.39 is 11.8 Å². The third-order valence-corrected chi connectivity index (χ3v) is 7.71. The van der Waals surface area contributed by atoms with Crippen LogP contribution in [-0.4, -0.2) is 65.0 Å². The fourth-order valence-electron chi connectivity index (χ4n) is 4.88. The number of aryl methyl sites for hydroxylation is 1. The van der Waals surface area contributed by atoms with Crippen molar-refractivity contribution in [2.24, 2.45) is 0 Å². The van der Waals surface area contributed by atoms with E-state index in [0.29, 0.717) is 47.1 Å². The number of nitrogens with zero attached hydrogens (tertiary/aromatic N) is 2. The summed E-state index contributed by atoms with van der Waals surface area (Å²) in [6, 6.07) is 11.7. The maximum Gasteiger partial charge on any atom is 0.256 e. The van der Waals surface area contributed by atoms with Gasteiger partial charge in [-0.1, -0.05) is 40.9 Å². The average molecular weight is 516 g/mol. The van der Waals surface area contributed by atoms with Gasteiger partial charge in [0.2, 0.25) is 5.91 Å². The van der Waals surface area contributed by atoms with E-state index in [-0.39, 0.29) is 30.4 Å². The molecule has 9 heteroatoms. The smallest absolute Gasteiger partial charge is 0.256 e. The highest BCUT2D eigenvalue weighted by Crippen LogP contribution is 2.39. The van der Waals surface area contributed by atoms with Gasteiger partial charge >= 0.3 is 0 Å². The highest BCUT2D eigenvalue weighted by Gasteiger charge is 2.54. The second-order valence-electron chi connectivity index (χ2n) is 9.52. The van der Waals surface area contributed by atoms with Crippen LogP contribution >= 0.6 is 23.2 Å². The van der Waals surface area contributed by atoms with Gasteiger partial charge in [0, 0.05) is 43.1 Å².